The van der Waals surface area contributed by atoms with E-state index in [9.17, 15) is 52.7 Å². The smallest absolute Gasteiger partial charge is 0.425 e. The summed E-state index contributed by atoms with van der Waals surface area (Å²) in [6.07, 6.45) is 6.04. The van der Waals surface area contributed by atoms with Crippen molar-refractivity contribution in [2.75, 3.05) is 0 Å². The Kier molecular flexibility index (Phi) is 28.5. The monoisotopic (exact) mass is 1850 g/mol. The normalized spacial score (nSPS) is 12.2. The molecule has 0 aliphatic carbocycles. The van der Waals surface area contributed by atoms with Crippen LogP contribution in [0.25, 0.3) is 101 Å². The van der Waals surface area contributed by atoms with E-state index in [2.05, 4.69) is 101 Å². The molecule has 18 heterocycles. The molecule has 0 unspecified atom stereocenters. The average Bonchev–Trinajstić information content (AvgIpc) is 1.16. The highest BCUT2D eigenvalue weighted by atomic mass is 19.4. The molecule has 0 bridgehead atoms. The Morgan fingerprint density at radius 2 is 0.410 bits per heavy atom. The molecule has 42 heteroatoms. The lowest BCUT2D eigenvalue weighted by atomic mass is 10.1. The fourth-order valence-electron chi connectivity index (χ4n) is 12.5. The molecule has 18 aromatic heterocycles. The number of hydrogen-bond donors (Lipinski definition) is 0. The third kappa shape index (κ3) is 23.7. The first-order chi connectivity index (χ1) is 63.3. The number of fused-ring (bicyclic) bond motifs is 6. The van der Waals surface area contributed by atoms with Gasteiger partial charge < -0.3 is 28.4 Å². The Morgan fingerprint density at radius 3 is 0.567 bits per heavy atom. The average molecular weight is 1850 g/mol. The first kappa shape index (κ1) is 96.1. The summed E-state index contributed by atoms with van der Waals surface area (Å²) in [4.78, 5) is 23.6. The molecule has 0 aliphatic heterocycles. The number of halogens is 12. The van der Waals surface area contributed by atoms with Crippen molar-refractivity contribution in [2.45, 2.75) is 173 Å². The molecule has 0 fully saturated rings. The van der Waals surface area contributed by atoms with Crippen molar-refractivity contribution >= 4 is 33.9 Å². The zero-order valence-electron chi connectivity index (χ0n) is 75.3. The van der Waals surface area contributed by atoms with Crippen LogP contribution < -0.4 is 28.4 Å². The van der Waals surface area contributed by atoms with E-state index in [-0.39, 0.29) is 35.7 Å². The quantitative estimate of drug-likeness (QED) is 0.0811. The summed E-state index contributed by atoms with van der Waals surface area (Å²) in [6, 6.07) is 29.4. The van der Waals surface area contributed by atoms with E-state index in [0.29, 0.717) is 67.5 Å². The highest BCUT2D eigenvalue weighted by Crippen LogP contribution is 2.35. The van der Waals surface area contributed by atoms with Crippen LogP contribution in [-0.4, -0.2) is 165 Å². The van der Waals surface area contributed by atoms with Crippen LogP contribution in [0.4, 0.5) is 52.7 Å². The fraction of sp³-hybridized carbons (Fsp3) is 0.283. The van der Waals surface area contributed by atoms with E-state index in [1.54, 1.807) is 84.1 Å². The van der Waals surface area contributed by atoms with Crippen LogP contribution in [0, 0.1) is 76.4 Å². The van der Waals surface area contributed by atoms with E-state index in [4.69, 9.17) is 18.9 Å². The van der Waals surface area contributed by atoms with Gasteiger partial charge in [-0.1, -0.05) is 0 Å². The maximum absolute atomic E-state index is 14.2. The number of rotatable bonds is 16. The van der Waals surface area contributed by atoms with Gasteiger partial charge in [0, 0.05) is 141 Å². The third-order valence-corrected chi connectivity index (χ3v) is 19.3. The van der Waals surface area contributed by atoms with Crippen molar-refractivity contribution in [3.05, 3.63) is 253 Å². The molecule has 0 aromatic carbocycles. The number of hydrogen-bond acceptors (Lipinski definition) is 24. The van der Waals surface area contributed by atoms with Gasteiger partial charge >= 0.3 is 12.4 Å². The molecular weight excluding hydrogens is 1770 g/mol. The lowest BCUT2D eigenvalue weighted by molar-refractivity contribution is -0.190. The topological polar surface area (TPSA) is 314 Å². The van der Waals surface area contributed by atoms with E-state index < -0.39 is 82.4 Å². The predicted molar refractivity (Wildman–Crippen MR) is 470 cm³/mol. The molecule has 134 heavy (non-hydrogen) atoms. The summed E-state index contributed by atoms with van der Waals surface area (Å²) in [5, 5.41) is 47.8. The second kappa shape index (κ2) is 39.7. The minimum Gasteiger partial charge on any atom is -0.473 e. The lowest BCUT2D eigenvalue weighted by Gasteiger charge is -2.20. The Bertz CT molecular complexity index is 6820. The number of aryl methyl sites for hydroxylation is 6. The van der Waals surface area contributed by atoms with E-state index in [1.165, 1.54) is 36.7 Å². The Morgan fingerprint density at radius 1 is 0.239 bits per heavy atom. The van der Waals surface area contributed by atoms with Crippen molar-refractivity contribution < 1.29 is 81.1 Å². The Hall–Kier alpha value is -15.4. The van der Waals surface area contributed by atoms with Crippen molar-refractivity contribution in [3.8, 4) is 102 Å². The maximum Gasteiger partial charge on any atom is 0.425 e. The minimum absolute atomic E-state index is 0.0119. The van der Waals surface area contributed by atoms with Gasteiger partial charge in [-0.2, -0.15) is 26.3 Å². The standard InChI is InChI=1S/2C16H17FN4O.2C15H12F4N4O.2C15H15FN4O/c2*1-10-19-20-14-6-5-11(9-21(10)14)12-7-13(17)15(18-8-12)22-16(2,3)4;2*1-8(15(17,18)19)24-14-12(16)5-11(6-20-14)10-3-4-13-22-21-9(2)23(13)7-10;2*1-9(2)21-15-13(16)6-12(7-17-15)11-4-5-14-19-18-10(3)20(14)8-11/h2*5-9H,1-4H3;2*3-8H,1-2H3;2*4-9H,1-3H3/t;;2*8-;;/m..10../s1. The lowest BCUT2D eigenvalue weighted by Crippen LogP contribution is -2.31. The Labute approximate surface area is 757 Å². The van der Waals surface area contributed by atoms with Crippen molar-refractivity contribution in [3.63, 3.8) is 0 Å². The summed E-state index contributed by atoms with van der Waals surface area (Å²) in [7, 11) is 0. The first-order valence-electron chi connectivity index (χ1n) is 41.3. The van der Waals surface area contributed by atoms with Gasteiger partial charge in [0.1, 0.15) is 46.1 Å². The highest BCUT2D eigenvalue weighted by molar-refractivity contribution is 5.70. The van der Waals surface area contributed by atoms with Gasteiger partial charge in [-0.05, 0) is 234 Å². The molecule has 0 aliphatic rings. The van der Waals surface area contributed by atoms with Gasteiger partial charge in [0.15, 0.2) is 81.0 Å². The molecule has 0 saturated carbocycles. The fourth-order valence-corrected chi connectivity index (χ4v) is 12.5. The van der Waals surface area contributed by atoms with E-state index in [0.717, 1.165) is 94.1 Å². The van der Waals surface area contributed by atoms with Crippen LogP contribution in [0.15, 0.2) is 184 Å². The number of ether oxygens (including phenoxy) is 6. The highest BCUT2D eigenvalue weighted by Gasteiger charge is 2.40. The van der Waals surface area contributed by atoms with Gasteiger partial charge in [-0.25, -0.2) is 56.2 Å². The van der Waals surface area contributed by atoms with Crippen LogP contribution in [-0.2, 0) is 0 Å². The van der Waals surface area contributed by atoms with Crippen LogP contribution in [0.3, 0.4) is 0 Å². The van der Waals surface area contributed by atoms with Gasteiger partial charge in [0.25, 0.3) is 35.3 Å². The molecule has 18 rings (SSSR count). The van der Waals surface area contributed by atoms with Gasteiger partial charge in [-0.15, -0.1) is 61.2 Å². The number of pyridine rings is 12. The summed E-state index contributed by atoms with van der Waals surface area (Å²) >= 11 is 0. The molecule has 0 amide bonds. The van der Waals surface area contributed by atoms with E-state index >= 15 is 0 Å². The summed E-state index contributed by atoms with van der Waals surface area (Å²) in [5.74, 6) is -0.733. The van der Waals surface area contributed by atoms with Crippen LogP contribution in [0.2, 0.25) is 0 Å². The molecule has 0 N–H and O–H groups in total. The van der Waals surface area contributed by atoms with E-state index in [1.807, 2.05) is 188 Å². The summed E-state index contributed by atoms with van der Waals surface area (Å²) in [6.45, 7) is 31.0. The van der Waals surface area contributed by atoms with Gasteiger partial charge in [0.2, 0.25) is 0 Å². The van der Waals surface area contributed by atoms with Crippen molar-refractivity contribution in [1.29, 1.82) is 0 Å². The predicted octanol–water partition coefficient (Wildman–Crippen LogP) is 20.0. The molecule has 0 radical (unpaired) electrons. The molecule has 2 atom stereocenters. The number of alkyl halides is 6. The van der Waals surface area contributed by atoms with Crippen LogP contribution >= 0.6 is 0 Å². The van der Waals surface area contributed by atoms with Crippen LogP contribution in [0.5, 0.6) is 35.3 Å². The molecule has 18 aromatic rings. The molecule has 696 valence electrons. The summed E-state index contributed by atoms with van der Waals surface area (Å²) < 4.78 is 201. The largest absolute Gasteiger partial charge is 0.473 e. The summed E-state index contributed by atoms with van der Waals surface area (Å²) in [5.41, 5.74) is 11.4. The van der Waals surface area contributed by atoms with Crippen molar-refractivity contribution in [2.24, 2.45) is 0 Å². The number of aromatic nitrogens is 24. The zero-order valence-corrected chi connectivity index (χ0v) is 75.3. The number of nitrogens with zero attached hydrogens (tertiary/aromatic N) is 24. The molecule has 30 nitrogen and oxygen atoms in total. The second-order valence-corrected chi connectivity index (χ2v) is 32.8. The third-order valence-electron chi connectivity index (χ3n) is 19.3. The Balaban J connectivity index is 0.000000136. The zero-order chi connectivity index (χ0) is 96.7. The first-order valence-corrected chi connectivity index (χ1v) is 41.3. The van der Waals surface area contributed by atoms with Crippen molar-refractivity contribution in [1.82, 2.24) is 117 Å². The van der Waals surface area contributed by atoms with Gasteiger partial charge in [0.05, 0.1) is 12.2 Å². The SMILES string of the molecule is Cc1nnc2ccc(-c3cnc(OC(C)(C)C)c(F)c3)cn12.Cc1nnc2ccc(-c3cnc(OC(C)(C)C)c(F)c3)cn12.Cc1nnc2ccc(-c3cnc(OC(C)C)c(F)c3)cn12.Cc1nnc2ccc(-c3cnc(OC(C)C)c(F)c3)cn12.Cc1nnc2ccc(-c3cnc(O[C@@H](C)C(F)(F)F)c(F)c3)cn12.Cc1nnc2ccc(-c3cnc(O[C@H](C)C(F)(F)F)c(F)c3)cn12. The molecule has 0 saturated heterocycles. The van der Waals surface area contributed by atoms with Crippen LogP contribution in [0.1, 0.15) is 118 Å². The van der Waals surface area contributed by atoms with Gasteiger partial charge in [-0.3, -0.25) is 26.4 Å². The maximum atomic E-state index is 14.2. The second-order valence-electron chi connectivity index (χ2n) is 32.8. The molecular formula is C92H88F12N24O6. The minimum atomic E-state index is -4.59. The molecule has 0 spiro atoms.